The van der Waals surface area contributed by atoms with E-state index in [1.54, 1.807) is 0 Å². The molecule has 1 aromatic rings. The number of piperidine rings is 1. The van der Waals surface area contributed by atoms with Crippen LogP contribution in [0.5, 0.6) is 0 Å². The molecule has 0 bridgehead atoms. The van der Waals surface area contributed by atoms with Gasteiger partial charge in [-0.2, -0.15) is 0 Å². The van der Waals surface area contributed by atoms with Crippen LogP contribution in [0.2, 0.25) is 0 Å². The van der Waals surface area contributed by atoms with Crippen LogP contribution in [-0.4, -0.2) is 37.1 Å². The summed E-state index contributed by atoms with van der Waals surface area (Å²) in [4.78, 5) is 30.4. The number of nitrogens with one attached hydrogen (secondary N) is 2. The minimum Gasteiger partial charge on any atom is -0.443 e. The van der Waals surface area contributed by atoms with Gasteiger partial charge in [-0.05, 0) is 24.3 Å². The van der Waals surface area contributed by atoms with E-state index in [4.69, 9.17) is 9.72 Å². The zero-order chi connectivity index (χ0) is 17.3. The van der Waals surface area contributed by atoms with Crippen LogP contribution >= 0.6 is 0 Å². The van der Waals surface area contributed by atoms with Crippen LogP contribution in [0.1, 0.15) is 41.9 Å². The average Bonchev–Trinajstić information content (AvgIpc) is 2.92. The number of ether oxygens (including phenoxy) is 1. The molecule has 0 spiro atoms. The van der Waals surface area contributed by atoms with Crippen LogP contribution in [0.3, 0.4) is 0 Å². The third-order valence-corrected chi connectivity index (χ3v) is 4.60. The fraction of sp³-hybridized carbons (Fsp3) is 0.588. The number of carbonyl (C=O) groups is 2. The molecule has 0 aromatic carbocycles. The minimum absolute atomic E-state index is 0.0593. The number of hydrogen-bond acceptors (Lipinski definition) is 5. The lowest BCUT2D eigenvalue weighted by Gasteiger charge is -2.36. The number of anilines is 1. The maximum Gasteiger partial charge on any atom is 0.407 e. The van der Waals surface area contributed by atoms with E-state index < -0.39 is 6.09 Å². The van der Waals surface area contributed by atoms with E-state index in [0.717, 1.165) is 24.5 Å². The minimum atomic E-state index is -0.506. The van der Waals surface area contributed by atoms with E-state index in [1.807, 2.05) is 6.07 Å². The quantitative estimate of drug-likeness (QED) is 0.879. The fourth-order valence-corrected chi connectivity index (χ4v) is 3.61. The van der Waals surface area contributed by atoms with E-state index in [2.05, 4.69) is 29.4 Å². The van der Waals surface area contributed by atoms with Crippen molar-refractivity contribution in [2.45, 2.75) is 33.4 Å². The molecule has 0 aliphatic carbocycles. The first kappa shape index (κ1) is 16.5. The number of rotatable bonds is 3. The molecule has 7 nitrogen and oxygen atoms in total. The summed E-state index contributed by atoms with van der Waals surface area (Å²) in [5.74, 6) is 1.87. The topological polar surface area (TPSA) is 83.6 Å². The Hall–Kier alpha value is -2.31. The zero-order valence-electron chi connectivity index (χ0n) is 14.4. The van der Waals surface area contributed by atoms with Gasteiger partial charge in [0.1, 0.15) is 12.4 Å². The highest BCUT2D eigenvalue weighted by molar-refractivity contribution is 5.99. The second-order valence-corrected chi connectivity index (χ2v) is 6.81. The van der Waals surface area contributed by atoms with Gasteiger partial charge in [-0.15, -0.1) is 0 Å². The fourth-order valence-electron chi connectivity index (χ4n) is 3.61. The molecule has 2 unspecified atom stereocenters. The van der Waals surface area contributed by atoms with Crippen LogP contribution < -0.4 is 15.5 Å². The van der Waals surface area contributed by atoms with E-state index in [9.17, 15) is 9.59 Å². The first-order chi connectivity index (χ1) is 11.5. The Balaban J connectivity index is 1.91. The molecule has 2 aliphatic rings. The molecule has 24 heavy (non-hydrogen) atoms. The van der Waals surface area contributed by atoms with Crippen LogP contribution in [-0.2, 0) is 17.9 Å². The van der Waals surface area contributed by atoms with Crippen LogP contribution in [0.25, 0.3) is 0 Å². The first-order valence-electron chi connectivity index (χ1n) is 8.38. The van der Waals surface area contributed by atoms with E-state index in [1.165, 1.54) is 13.5 Å². The van der Waals surface area contributed by atoms with Gasteiger partial charge in [-0.1, -0.05) is 13.8 Å². The van der Waals surface area contributed by atoms with E-state index in [-0.39, 0.29) is 12.5 Å². The second-order valence-electron chi connectivity index (χ2n) is 6.81. The number of fused-ring (bicyclic) bond motifs is 1. The molecular formula is C17H24N4O3. The summed E-state index contributed by atoms with van der Waals surface area (Å²) in [6.45, 7) is 6.81. The first-order valence-corrected chi connectivity index (χ1v) is 8.38. The molecule has 2 aliphatic heterocycles. The molecule has 3 heterocycles. The number of carbonyl (C=O) groups excluding carboxylic acids is 2. The molecule has 7 heteroatoms. The van der Waals surface area contributed by atoms with Crippen molar-refractivity contribution in [1.82, 2.24) is 15.6 Å². The van der Waals surface area contributed by atoms with Crippen molar-refractivity contribution in [1.29, 1.82) is 0 Å². The lowest BCUT2D eigenvalue weighted by atomic mass is 9.92. The Labute approximate surface area is 141 Å². The third-order valence-electron chi connectivity index (χ3n) is 4.60. The van der Waals surface area contributed by atoms with Crippen molar-refractivity contribution in [3.8, 4) is 0 Å². The molecule has 0 saturated carbocycles. The molecule has 2 amide bonds. The number of aromatic nitrogens is 1. The molecule has 1 fully saturated rings. The van der Waals surface area contributed by atoms with Crippen molar-refractivity contribution in [2.75, 3.05) is 25.0 Å². The Kier molecular flexibility index (Phi) is 4.59. The maximum absolute atomic E-state index is 12.1. The van der Waals surface area contributed by atoms with Gasteiger partial charge in [-0.25, -0.2) is 9.78 Å². The van der Waals surface area contributed by atoms with Crippen LogP contribution in [0.4, 0.5) is 10.6 Å². The van der Waals surface area contributed by atoms with Gasteiger partial charge in [0.25, 0.3) is 5.91 Å². The summed E-state index contributed by atoms with van der Waals surface area (Å²) >= 11 is 0. The summed E-state index contributed by atoms with van der Waals surface area (Å²) in [6.07, 6.45) is 0.697. The summed E-state index contributed by atoms with van der Waals surface area (Å²) < 4.78 is 5.15. The molecule has 0 radical (unpaired) electrons. The van der Waals surface area contributed by atoms with Crippen molar-refractivity contribution in [3.63, 3.8) is 0 Å². The molecule has 130 valence electrons. The smallest absolute Gasteiger partial charge is 0.407 e. The summed E-state index contributed by atoms with van der Waals surface area (Å²) in [7, 11) is 1.51. The lowest BCUT2D eigenvalue weighted by molar-refractivity contribution is 0.0965. The van der Waals surface area contributed by atoms with Gasteiger partial charge >= 0.3 is 6.09 Å². The Morgan fingerprint density at radius 3 is 2.79 bits per heavy atom. The van der Waals surface area contributed by atoms with Crippen molar-refractivity contribution >= 4 is 17.8 Å². The van der Waals surface area contributed by atoms with Gasteiger partial charge in [0, 0.05) is 37.8 Å². The van der Waals surface area contributed by atoms with Crippen LogP contribution in [0.15, 0.2) is 6.07 Å². The third kappa shape index (κ3) is 3.29. The molecule has 2 N–H and O–H groups in total. The van der Waals surface area contributed by atoms with Gasteiger partial charge in [0.15, 0.2) is 0 Å². The molecule has 1 saturated heterocycles. The van der Waals surface area contributed by atoms with Gasteiger partial charge < -0.3 is 20.3 Å². The number of pyridine rings is 1. The van der Waals surface area contributed by atoms with Gasteiger partial charge in [-0.3, -0.25) is 4.79 Å². The monoisotopic (exact) mass is 332 g/mol. The maximum atomic E-state index is 12.1. The zero-order valence-corrected chi connectivity index (χ0v) is 14.4. The van der Waals surface area contributed by atoms with Crippen molar-refractivity contribution in [3.05, 3.63) is 22.9 Å². The van der Waals surface area contributed by atoms with Crippen molar-refractivity contribution < 1.29 is 14.3 Å². The normalized spacial score (nSPS) is 22.8. The Morgan fingerprint density at radius 2 is 2.12 bits per heavy atom. The summed E-state index contributed by atoms with van der Waals surface area (Å²) in [5, 5.41) is 5.24. The summed E-state index contributed by atoms with van der Waals surface area (Å²) in [6, 6.07) is 1.87. The molecular weight excluding hydrogens is 308 g/mol. The highest BCUT2D eigenvalue weighted by Crippen LogP contribution is 2.29. The predicted octanol–water partition coefficient (Wildman–Crippen LogP) is 1.66. The van der Waals surface area contributed by atoms with E-state index in [0.29, 0.717) is 29.6 Å². The largest absolute Gasteiger partial charge is 0.443 e. The van der Waals surface area contributed by atoms with Gasteiger partial charge in [0.2, 0.25) is 0 Å². The van der Waals surface area contributed by atoms with E-state index >= 15 is 0 Å². The Bertz CT molecular complexity index is 651. The average molecular weight is 332 g/mol. The number of amides is 2. The SMILES string of the molecule is CNC(=O)OCc1nc(N2CC(C)CC(C)C2)cc2c1CNC2=O. The van der Waals surface area contributed by atoms with Crippen molar-refractivity contribution in [2.24, 2.45) is 11.8 Å². The lowest BCUT2D eigenvalue weighted by Crippen LogP contribution is -2.39. The molecule has 3 rings (SSSR count). The standard InChI is InChI=1S/C17H24N4O3/c1-10-4-11(2)8-21(7-10)15-5-12-13(6-19-16(12)22)14(20-15)9-24-17(23)18-3/h5,10-11H,4,6-9H2,1-3H3,(H,18,23)(H,19,22). The number of nitrogens with zero attached hydrogens (tertiary/aromatic N) is 2. The Morgan fingerprint density at radius 1 is 1.42 bits per heavy atom. The number of alkyl carbamates (subject to hydrolysis) is 1. The van der Waals surface area contributed by atoms with Crippen LogP contribution in [0, 0.1) is 11.8 Å². The van der Waals surface area contributed by atoms with Gasteiger partial charge in [0.05, 0.1) is 5.69 Å². The summed E-state index contributed by atoms with van der Waals surface area (Å²) in [5.41, 5.74) is 2.11. The molecule has 2 atom stereocenters. The molecule has 1 aromatic heterocycles. The predicted molar refractivity (Wildman–Crippen MR) is 89.8 cm³/mol. The highest BCUT2D eigenvalue weighted by atomic mass is 16.5. The number of hydrogen-bond donors (Lipinski definition) is 2. The second kappa shape index (κ2) is 6.67. The highest BCUT2D eigenvalue weighted by Gasteiger charge is 2.28.